The molecule has 0 amide bonds. The molecule has 1 aliphatic rings. The van der Waals surface area contributed by atoms with Crippen molar-refractivity contribution < 1.29 is 0 Å². The third kappa shape index (κ3) is 6.01. The fourth-order valence-electron chi connectivity index (χ4n) is 10.6. The molecule has 12 rings (SSSR count). The minimum Gasteiger partial charge on any atom is -0.310 e. The molecule has 0 saturated heterocycles. The van der Waals surface area contributed by atoms with Crippen molar-refractivity contribution in [3.05, 3.63) is 283 Å². The van der Waals surface area contributed by atoms with Crippen LogP contribution < -0.4 is 4.90 Å². The van der Waals surface area contributed by atoms with E-state index in [2.05, 4.69) is 266 Å². The minimum atomic E-state index is -0.545. The standard InChI is InChI=1S/C63H43N/c1-5-19-44(20-6-1)46-33-38-52(39-34-46)64(54-42-35-45-21-13-14-24-49(45)43-54)53-40-36-48(37-41-53)59-55-29-15-16-30-56(55)62-61(60(59)47-22-7-2-8-23-47)57-31-17-18-32-58(57)63(62,50-25-9-3-10-26-50)51-27-11-4-12-28-51/h1-43H. The van der Waals surface area contributed by atoms with Gasteiger partial charge in [0.2, 0.25) is 0 Å². The summed E-state index contributed by atoms with van der Waals surface area (Å²) < 4.78 is 0. The molecule has 0 fully saturated rings. The average Bonchev–Trinajstić information content (AvgIpc) is 3.69. The lowest BCUT2D eigenvalue weighted by Crippen LogP contribution is -2.28. The summed E-state index contributed by atoms with van der Waals surface area (Å²) in [7, 11) is 0. The molecule has 0 heterocycles. The molecule has 1 nitrogen and oxygen atoms in total. The molecule has 11 aromatic rings. The van der Waals surface area contributed by atoms with E-state index < -0.39 is 5.41 Å². The zero-order chi connectivity index (χ0) is 42.5. The summed E-state index contributed by atoms with van der Waals surface area (Å²) in [6.45, 7) is 0. The largest absolute Gasteiger partial charge is 0.310 e. The highest BCUT2D eigenvalue weighted by Crippen LogP contribution is 2.62. The van der Waals surface area contributed by atoms with Crippen LogP contribution in [-0.4, -0.2) is 0 Å². The van der Waals surface area contributed by atoms with Gasteiger partial charge in [-0.05, 0) is 125 Å². The van der Waals surface area contributed by atoms with E-state index in [9.17, 15) is 0 Å². The number of benzene rings is 11. The van der Waals surface area contributed by atoms with Crippen molar-refractivity contribution in [1.29, 1.82) is 0 Å². The summed E-state index contributed by atoms with van der Waals surface area (Å²) in [5.74, 6) is 0. The smallest absolute Gasteiger partial charge is 0.0719 e. The van der Waals surface area contributed by atoms with Gasteiger partial charge in [-0.25, -0.2) is 0 Å². The van der Waals surface area contributed by atoms with Crippen LogP contribution in [0.25, 0.3) is 66.1 Å². The van der Waals surface area contributed by atoms with Crippen molar-refractivity contribution in [3.63, 3.8) is 0 Å². The predicted molar refractivity (Wildman–Crippen MR) is 270 cm³/mol. The Morgan fingerprint density at radius 1 is 0.281 bits per heavy atom. The van der Waals surface area contributed by atoms with Crippen LogP contribution in [0.5, 0.6) is 0 Å². The monoisotopic (exact) mass is 813 g/mol. The fraction of sp³-hybridized carbons (Fsp3) is 0.0159. The summed E-state index contributed by atoms with van der Waals surface area (Å²) in [5, 5.41) is 4.93. The summed E-state index contributed by atoms with van der Waals surface area (Å²) in [6.07, 6.45) is 0. The molecule has 0 radical (unpaired) electrons. The van der Waals surface area contributed by atoms with E-state index in [1.165, 1.54) is 88.3 Å². The van der Waals surface area contributed by atoms with Crippen molar-refractivity contribution in [3.8, 4) is 44.5 Å². The zero-order valence-electron chi connectivity index (χ0n) is 35.3. The number of rotatable bonds is 8. The SMILES string of the molecule is c1ccc(-c2ccc(N(c3ccc(-c4c(-c5ccccc5)c5c(c6ccccc46)C(c4ccccc4)(c4ccccc4)c4ccccc4-5)cc3)c3ccc4ccccc4c3)cc2)cc1. The van der Waals surface area contributed by atoms with Crippen molar-refractivity contribution in [2.75, 3.05) is 4.90 Å². The van der Waals surface area contributed by atoms with Crippen LogP contribution in [0, 0.1) is 0 Å². The summed E-state index contributed by atoms with van der Waals surface area (Å²) in [6, 6.07) is 95.8. The highest BCUT2D eigenvalue weighted by molar-refractivity contribution is 6.15. The second-order valence-electron chi connectivity index (χ2n) is 16.8. The van der Waals surface area contributed by atoms with Crippen molar-refractivity contribution in [2.24, 2.45) is 0 Å². The van der Waals surface area contributed by atoms with E-state index in [1.807, 2.05) is 0 Å². The number of hydrogen-bond acceptors (Lipinski definition) is 1. The van der Waals surface area contributed by atoms with Crippen LogP contribution in [0.3, 0.4) is 0 Å². The molecule has 0 aromatic heterocycles. The molecule has 11 aromatic carbocycles. The molecule has 0 saturated carbocycles. The maximum absolute atomic E-state index is 2.38. The minimum absolute atomic E-state index is 0.545. The topological polar surface area (TPSA) is 3.24 Å². The summed E-state index contributed by atoms with van der Waals surface area (Å²) in [5.41, 5.74) is 17.8. The van der Waals surface area contributed by atoms with E-state index in [0.717, 1.165) is 17.1 Å². The van der Waals surface area contributed by atoms with Crippen LogP contribution in [-0.2, 0) is 5.41 Å². The van der Waals surface area contributed by atoms with Crippen LogP contribution in [0.1, 0.15) is 22.3 Å². The number of nitrogens with zero attached hydrogens (tertiary/aromatic N) is 1. The van der Waals surface area contributed by atoms with Crippen molar-refractivity contribution >= 4 is 38.6 Å². The van der Waals surface area contributed by atoms with Crippen molar-refractivity contribution in [1.82, 2.24) is 0 Å². The van der Waals surface area contributed by atoms with Gasteiger partial charge in [-0.2, -0.15) is 0 Å². The van der Waals surface area contributed by atoms with E-state index in [-0.39, 0.29) is 0 Å². The molecule has 0 spiro atoms. The highest BCUT2D eigenvalue weighted by atomic mass is 15.1. The van der Waals surface area contributed by atoms with Crippen LogP contribution in [0.4, 0.5) is 17.1 Å². The Morgan fingerprint density at radius 3 is 1.38 bits per heavy atom. The molecule has 1 heteroatoms. The molecule has 0 atom stereocenters. The third-order valence-corrected chi connectivity index (χ3v) is 13.3. The van der Waals surface area contributed by atoms with Gasteiger partial charge in [-0.3, -0.25) is 0 Å². The number of fused-ring (bicyclic) bond motifs is 6. The van der Waals surface area contributed by atoms with Gasteiger partial charge < -0.3 is 4.90 Å². The van der Waals surface area contributed by atoms with E-state index in [1.54, 1.807) is 0 Å². The lowest BCUT2D eigenvalue weighted by atomic mass is 9.66. The first-order valence-corrected chi connectivity index (χ1v) is 22.2. The molecule has 300 valence electrons. The summed E-state index contributed by atoms with van der Waals surface area (Å²) in [4.78, 5) is 2.38. The fourth-order valence-corrected chi connectivity index (χ4v) is 10.6. The molecule has 0 bridgehead atoms. The Hall–Kier alpha value is -8.26. The van der Waals surface area contributed by atoms with E-state index >= 15 is 0 Å². The zero-order valence-corrected chi connectivity index (χ0v) is 35.3. The molecule has 0 N–H and O–H groups in total. The first-order chi connectivity index (χ1) is 31.8. The lowest BCUT2D eigenvalue weighted by molar-refractivity contribution is 0.775. The van der Waals surface area contributed by atoms with Gasteiger partial charge in [-0.15, -0.1) is 0 Å². The van der Waals surface area contributed by atoms with Gasteiger partial charge in [0, 0.05) is 17.1 Å². The molecule has 64 heavy (non-hydrogen) atoms. The Balaban J connectivity index is 1.11. The predicted octanol–water partition coefficient (Wildman–Crippen LogP) is 16.8. The third-order valence-electron chi connectivity index (χ3n) is 13.3. The second kappa shape index (κ2) is 15.6. The Bertz CT molecular complexity index is 3410. The molecular weight excluding hydrogens is 771 g/mol. The first-order valence-electron chi connectivity index (χ1n) is 22.2. The maximum atomic E-state index is 2.38. The van der Waals surface area contributed by atoms with Crippen LogP contribution in [0.2, 0.25) is 0 Å². The van der Waals surface area contributed by atoms with Gasteiger partial charge in [0.15, 0.2) is 0 Å². The first kappa shape index (κ1) is 37.5. The second-order valence-corrected chi connectivity index (χ2v) is 16.8. The van der Waals surface area contributed by atoms with Crippen LogP contribution >= 0.6 is 0 Å². The summed E-state index contributed by atoms with van der Waals surface area (Å²) >= 11 is 0. The average molecular weight is 814 g/mol. The lowest BCUT2D eigenvalue weighted by Gasteiger charge is -2.35. The Morgan fingerprint density at radius 2 is 0.734 bits per heavy atom. The normalized spacial score (nSPS) is 12.5. The van der Waals surface area contributed by atoms with E-state index in [0.29, 0.717) is 0 Å². The molecule has 0 aliphatic heterocycles. The quantitative estimate of drug-likeness (QED) is 0.148. The number of hydrogen-bond donors (Lipinski definition) is 0. The highest BCUT2D eigenvalue weighted by Gasteiger charge is 2.48. The molecule has 1 aliphatic carbocycles. The van der Waals surface area contributed by atoms with Gasteiger partial charge in [-0.1, -0.05) is 224 Å². The number of anilines is 3. The molecule has 0 unspecified atom stereocenters. The van der Waals surface area contributed by atoms with Gasteiger partial charge in [0.25, 0.3) is 0 Å². The Labute approximate surface area is 374 Å². The van der Waals surface area contributed by atoms with Gasteiger partial charge in [0.05, 0.1) is 5.41 Å². The van der Waals surface area contributed by atoms with Crippen LogP contribution in [0.15, 0.2) is 261 Å². The molecular formula is C63H43N. The van der Waals surface area contributed by atoms with E-state index in [4.69, 9.17) is 0 Å². The van der Waals surface area contributed by atoms with Gasteiger partial charge in [0.1, 0.15) is 0 Å². The van der Waals surface area contributed by atoms with Gasteiger partial charge >= 0.3 is 0 Å². The Kier molecular flexibility index (Phi) is 9.13. The van der Waals surface area contributed by atoms with Crippen molar-refractivity contribution in [2.45, 2.75) is 5.41 Å². The maximum Gasteiger partial charge on any atom is 0.0719 e.